The zero-order valence-electron chi connectivity index (χ0n) is 14.0. The molecule has 1 aromatic carbocycles. The lowest BCUT2D eigenvalue weighted by Crippen LogP contribution is -2.40. The Hall–Kier alpha value is -2.30. The molecule has 0 radical (unpaired) electrons. The van der Waals surface area contributed by atoms with E-state index in [2.05, 4.69) is 18.0 Å². The number of aromatic amines is 1. The van der Waals surface area contributed by atoms with E-state index in [0.717, 1.165) is 35.9 Å². The lowest BCUT2D eigenvalue weighted by atomic mass is 9.93. The van der Waals surface area contributed by atoms with Gasteiger partial charge in [-0.25, -0.2) is 0 Å². The molecule has 0 spiro atoms. The summed E-state index contributed by atoms with van der Waals surface area (Å²) >= 11 is 0. The number of likely N-dealkylation sites (tertiary alicyclic amines) is 1. The first-order chi connectivity index (χ1) is 11.5. The lowest BCUT2D eigenvalue weighted by molar-refractivity contribution is -0.137. The Kier molecular flexibility index (Phi) is 4.88. The van der Waals surface area contributed by atoms with Gasteiger partial charge in [0.2, 0.25) is 5.91 Å². The van der Waals surface area contributed by atoms with Crippen molar-refractivity contribution in [2.24, 2.45) is 5.92 Å². The van der Waals surface area contributed by atoms with Gasteiger partial charge in [-0.15, -0.1) is 0 Å². The van der Waals surface area contributed by atoms with Gasteiger partial charge in [-0.3, -0.25) is 9.59 Å². The number of aromatic nitrogens is 1. The third kappa shape index (κ3) is 3.61. The number of carboxylic acid groups (broad SMARTS) is 1. The number of nitrogens with one attached hydrogen (secondary N) is 1. The number of para-hydroxylation sites is 1. The molecule has 0 aliphatic carbocycles. The van der Waals surface area contributed by atoms with E-state index in [4.69, 9.17) is 5.11 Å². The summed E-state index contributed by atoms with van der Waals surface area (Å²) in [6.07, 6.45) is 5.16. The van der Waals surface area contributed by atoms with Crippen LogP contribution in [0.3, 0.4) is 0 Å². The van der Waals surface area contributed by atoms with Gasteiger partial charge in [0.1, 0.15) is 0 Å². The number of nitrogens with zero attached hydrogens (tertiary/aromatic N) is 1. The zero-order valence-corrected chi connectivity index (χ0v) is 14.0. The summed E-state index contributed by atoms with van der Waals surface area (Å²) in [5.41, 5.74) is 3.31. The molecular formula is C19H24N2O3. The first-order valence-electron chi connectivity index (χ1n) is 8.59. The molecule has 3 rings (SSSR count). The van der Waals surface area contributed by atoms with Gasteiger partial charge < -0.3 is 15.0 Å². The molecule has 128 valence electrons. The fourth-order valence-electron chi connectivity index (χ4n) is 3.64. The minimum atomic E-state index is -0.757. The Labute approximate surface area is 141 Å². The molecule has 2 heterocycles. The topological polar surface area (TPSA) is 73.4 Å². The van der Waals surface area contributed by atoms with Gasteiger partial charge in [-0.2, -0.15) is 0 Å². The standard InChI is InChI=1S/C19H24N2O3/c1-13-4-2-6-16-15(11-20-19(13)16)10-17(22)21-9-3-5-14(12-21)7-8-18(23)24/h2,4,6,11,14,20H,3,5,7-10,12H2,1H3,(H,23,24). The molecule has 5 nitrogen and oxygen atoms in total. The Morgan fingerprint density at radius 1 is 1.38 bits per heavy atom. The van der Waals surface area contributed by atoms with Crippen molar-refractivity contribution in [2.75, 3.05) is 13.1 Å². The largest absolute Gasteiger partial charge is 0.481 e. The van der Waals surface area contributed by atoms with Crippen LogP contribution in [0.2, 0.25) is 0 Å². The molecule has 1 aliphatic rings. The van der Waals surface area contributed by atoms with Gasteiger partial charge in [0.25, 0.3) is 0 Å². The molecule has 1 atom stereocenters. The van der Waals surface area contributed by atoms with E-state index in [9.17, 15) is 9.59 Å². The van der Waals surface area contributed by atoms with E-state index in [1.807, 2.05) is 23.2 Å². The first kappa shape index (κ1) is 16.6. The average molecular weight is 328 g/mol. The number of carboxylic acids is 1. The highest BCUT2D eigenvalue weighted by atomic mass is 16.4. The molecule has 24 heavy (non-hydrogen) atoms. The van der Waals surface area contributed by atoms with Gasteiger partial charge in [-0.1, -0.05) is 18.2 Å². The number of aryl methyl sites for hydroxylation is 1. The lowest BCUT2D eigenvalue weighted by Gasteiger charge is -2.32. The maximum Gasteiger partial charge on any atom is 0.303 e. The molecule has 0 saturated carbocycles. The minimum Gasteiger partial charge on any atom is -0.481 e. The van der Waals surface area contributed by atoms with Crippen LogP contribution in [-0.2, 0) is 16.0 Å². The fraction of sp³-hybridized carbons (Fsp3) is 0.474. The molecule has 1 saturated heterocycles. The molecule has 1 aromatic heterocycles. The van der Waals surface area contributed by atoms with Crippen molar-refractivity contribution in [3.05, 3.63) is 35.5 Å². The zero-order chi connectivity index (χ0) is 17.1. The van der Waals surface area contributed by atoms with Crippen LogP contribution in [-0.4, -0.2) is 40.0 Å². The molecule has 1 fully saturated rings. The second-order valence-electron chi connectivity index (χ2n) is 6.77. The fourth-order valence-corrected chi connectivity index (χ4v) is 3.64. The summed E-state index contributed by atoms with van der Waals surface area (Å²) in [6.45, 7) is 3.53. The molecule has 2 N–H and O–H groups in total. The van der Waals surface area contributed by atoms with E-state index in [1.54, 1.807) is 0 Å². The van der Waals surface area contributed by atoms with Gasteiger partial charge in [0, 0.05) is 36.6 Å². The van der Waals surface area contributed by atoms with E-state index >= 15 is 0 Å². The maximum atomic E-state index is 12.7. The number of hydrogen-bond donors (Lipinski definition) is 2. The van der Waals surface area contributed by atoms with Crippen LogP contribution in [0.1, 0.15) is 36.8 Å². The first-order valence-corrected chi connectivity index (χ1v) is 8.59. The molecule has 5 heteroatoms. The Bertz CT molecular complexity index is 750. The Morgan fingerprint density at radius 3 is 3.00 bits per heavy atom. The van der Waals surface area contributed by atoms with Crippen molar-refractivity contribution < 1.29 is 14.7 Å². The van der Waals surface area contributed by atoms with Crippen molar-refractivity contribution in [3.63, 3.8) is 0 Å². The predicted octanol–water partition coefficient (Wildman–Crippen LogP) is 3.12. The van der Waals surface area contributed by atoms with Gasteiger partial charge in [0.05, 0.1) is 6.42 Å². The van der Waals surface area contributed by atoms with E-state index in [0.29, 0.717) is 25.3 Å². The van der Waals surface area contributed by atoms with E-state index in [1.165, 1.54) is 5.56 Å². The van der Waals surface area contributed by atoms with Crippen LogP contribution in [0, 0.1) is 12.8 Å². The quantitative estimate of drug-likeness (QED) is 0.885. The minimum absolute atomic E-state index is 0.137. The number of carbonyl (C=O) groups is 2. The van der Waals surface area contributed by atoms with Crippen molar-refractivity contribution in [2.45, 2.75) is 39.0 Å². The van der Waals surface area contributed by atoms with E-state index < -0.39 is 5.97 Å². The van der Waals surface area contributed by atoms with Crippen molar-refractivity contribution >= 4 is 22.8 Å². The third-order valence-corrected chi connectivity index (χ3v) is 4.99. The summed E-state index contributed by atoms with van der Waals surface area (Å²) in [6, 6.07) is 6.12. The highest BCUT2D eigenvalue weighted by Gasteiger charge is 2.24. The highest BCUT2D eigenvalue weighted by Crippen LogP contribution is 2.24. The van der Waals surface area contributed by atoms with E-state index in [-0.39, 0.29) is 12.3 Å². The van der Waals surface area contributed by atoms with Gasteiger partial charge in [-0.05, 0) is 43.2 Å². The summed E-state index contributed by atoms with van der Waals surface area (Å²) < 4.78 is 0. The number of H-pyrrole nitrogens is 1. The van der Waals surface area contributed by atoms with Crippen LogP contribution in [0.5, 0.6) is 0 Å². The van der Waals surface area contributed by atoms with Gasteiger partial charge >= 0.3 is 5.97 Å². The maximum absolute atomic E-state index is 12.7. The van der Waals surface area contributed by atoms with Crippen LogP contribution in [0.4, 0.5) is 0 Å². The van der Waals surface area contributed by atoms with Crippen molar-refractivity contribution in [1.82, 2.24) is 9.88 Å². The normalized spacial score (nSPS) is 18.0. The molecule has 0 bridgehead atoms. The second-order valence-corrected chi connectivity index (χ2v) is 6.77. The van der Waals surface area contributed by atoms with Gasteiger partial charge in [0.15, 0.2) is 0 Å². The number of hydrogen-bond acceptors (Lipinski definition) is 2. The third-order valence-electron chi connectivity index (χ3n) is 4.99. The number of piperidine rings is 1. The van der Waals surface area contributed by atoms with Crippen LogP contribution >= 0.6 is 0 Å². The molecular weight excluding hydrogens is 304 g/mol. The van der Waals surface area contributed by atoms with Crippen LogP contribution in [0.15, 0.2) is 24.4 Å². The summed E-state index contributed by atoms with van der Waals surface area (Å²) in [7, 11) is 0. The Morgan fingerprint density at radius 2 is 2.21 bits per heavy atom. The van der Waals surface area contributed by atoms with Crippen LogP contribution in [0.25, 0.3) is 10.9 Å². The molecule has 1 amide bonds. The number of rotatable bonds is 5. The molecule has 1 unspecified atom stereocenters. The highest BCUT2D eigenvalue weighted by molar-refractivity contribution is 5.90. The number of fused-ring (bicyclic) bond motifs is 1. The Balaban J connectivity index is 1.65. The predicted molar refractivity (Wildman–Crippen MR) is 92.9 cm³/mol. The SMILES string of the molecule is Cc1cccc2c(CC(=O)N3CCCC(CCC(=O)O)C3)c[nH]c12. The molecule has 1 aliphatic heterocycles. The summed E-state index contributed by atoms with van der Waals surface area (Å²) in [4.78, 5) is 28.6. The summed E-state index contributed by atoms with van der Waals surface area (Å²) in [5.74, 6) is -0.311. The number of aliphatic carboxylic acids is 1. The van der Waals surface area contributed by atoms with Crippen molar-refractivity contribution in [3.8, 4) is 0 Å². The smallest absolute Gasteiger partial charge is 0.303 e. The summed E-state index contributed by atoms with van der Waals surface area (Å²) in [5, 5.41) is 9.94. The van der Waals surface area contributed by atoms with Crippen molar-refractivity contribution in [1.29, 1.82) is 0 Å². The van der Waals surface area contributed by atoms with Crippen LogP contribution < -0.4 is 0 Å². The monoisotopic (exact) mass is 328 g/mol. The number of amides is 1. The second kappa shape index (κ2) is 7.07. The number of carbonyl (C=O) groups excluding carboxylic acids is 1. The average Bonchev–Trinajstić information content (AvgIpc) is 2.98. The number of benzene rings is 1. The molecule has 2 aromatic rings.